The van der Waals surface area contributed by atoms with Crippen LogP contribution >= 0.6 is 0 Å². The van der Waals surface area contributed by atoms with Crippen LogP contribution in [0.5, 0.6) is 0 Å². The monoisotopic (exact) mass is 429 g/mol. The normalized spacial score (nSPS) is 18.7. The van der Waals surface area contributed by atoms with Gasteiger partial charge < -0.3 is 24.9 Å². The average Bonchev–Trinajstić information content (AvgIpc) is 3.30. The number of anilines is 1. The smallest absolute Gasteiger partial charge is 0.319 e. The molecular formula is C24H35N3O4. The number of carbonyl (C=O) groups is 1. The highest BCUT2D eigenvalue weighted by molar-refractivity contribution is 5.89. The summed E-state index contributed by atoms with van der Waals surface area (Å²) < 4.78 is 11.1. The minimum Gasteiger partial charge on any atom is -0.466 e. The summed E-state index contributed by atoms with van der Waals surface area (Å²) >= 11 is 0. The second-order valence-corrected chi connectivity index (χ2v) is 8.77. The molecule has 2 atom stereocenters. The van der Waals surface area contributed by atoms with Gasteiger partial charge in [0.2, 0.25) is 0 Å². The van der Waals surface area contributed by atoms with E-state index in [-0.39, 0.29) is 12.6 Å². The fraction of sp³-hybridized carbons (Fsp3) is 0.542. The summed E-state index contributed by atoms with van der Waals surface area (Å²) in [5, 5.41) is 15.9. The molecule has 0 saturated carbocycles. The van der Waals surface area contributed by atoms with Crippen molar-refractivity contribution in [1.82, 2.24) is 10.2 Å². The maximum atomic E-state index is 12.2. The third-order valence-corrected chi connectivity index (χ3v) is 5.69. The van der Waals surface area contributed by atoms with Gasteiger partial charge in [-0.25, -0.2) is 4.79 Å². The maximum absolute atomic E-state index is 12.2. The predicted molar refractivity (Wildman–Crippen MR) is 121 cm³/mol. The van der Waals surface area contributed by atoms with E-state index >= 15 is 0 Å². The zero-order valence-electron chi connectivity index (χ0n) is 18.8. The summed E-state index contributed by atoms with van der Waals surface area (Å²) in [5.74, 6) is 0.408. The molecule has 7 nitrogen and oxygen atoms in total. The van der Waals surface area contributed by atoms with E-state index in [9.17, 15) is 9.90 Å². The third-order valence-electron chi connectivity index (χ3n) is 5.69. The van der Waals surface area contributed by atoms with Gasteiger partial charge in [-0.3, -0.25) is 4.90 Å². The Morgan fingerprint density at radius 3 is 2.65 bits per heavy atom. The predicted octanol–water partition coefficient (Wildman–Crippen LogP) is 4.09. The van der Waals surface area contributed by atoms with Crippen molar-refractivity contribution in [2.75, 3.05) is 25.0 Å². The highest BCUT2D eigenvalue weighted by Crippen LogP contribution is 2.20. The Labute approximate surface area is 184 Å². The van der Waals surface area contributed by atoms with Crippen molar-refractivity contribution in [1.29, 1.82) is 0 Å². The van der Waals surface area contributed by atoms with Crippen LogP contribution in [-0.2, 0) is 16.9 Å². The van der Waals surface area contributed by atoms with Crippen LogP contribution in [-0.4, -0.2) is 47.9 Å². The van der Waals surface area contributed by atoms with Crippen LogP contribution in [0.1, 0.15) is 51.4 Å². The molecule has 1 saturated heterocycles. The average molecular weight is 430 g/mol. The van der Waals surface area contributed by atoms with Crippen LogP contribution in [0.3, 0.4) is 0 Å². The van der Waals surface area contributed by atoms with E-state index in [1.807, 2.05) is 24.3 Å². The number of aliphatic hydroxyl groups is 1. The zero-order valence-corrected chi connectivity index (χ0v) is 18.8. The molecule has 1 aliphatic heterocycles. The first kappa shape index (κ1) is 23.3. The van der Waals surface area contributed by atoms with Gasteiger partial charge in [0.25, 0.3) is 0 Å². The molecule has 0 radical (unpaired) electrons. The van der Waals surface area contributed by atoms with E-state index in [0.717, 1.165) is 26.1 Å². The van der Waals surface area contributed by atoms with Crippen LogP contribution in [0.2, 0.25) is 0 Å². The summed E-state index contributed by atoms with van der Waals surface area (Å²) in [5.41, 5.74) is 0.620. The van der Waals surface area contributed by atoms with E-state index in [4.69, 9.17) is 9.15 Å². The van der Waals surface area contributed by atoms with Crippen molar-refractivity contribution in [3.8, 4) is 0 Å². The minimum absolute atomic E-state index is 0.0387. The molecule has 2 amide bonds. The molecule has 2 aromatic rings. The largest absolute Gasteiger partial charge is 0.466 e. The summed E-state index contributed by atoms with van der Waals surface area (Å²) in [4.78, 5) is 14.6. The SMILES string of the molecule is CC(C)N(Cc1ccc(NC(=O)NCC(C)(O)c2ccco2)cc1)CC1CCCCO1. The lowest BCUT2D eigenvalue weighted by Gasteiger charge is -2.32. The Bertz CT molecular complexity index is 797. The lowest BCUT2D eigenvalue weighted by molar-refractivity contribution is -0.0129. The van der Waals surface area contributed by atoms with Gasteiger partial charge in [0.15, 0.2) is 0 Å². The Balaban J connectivity index is 1.48. The van der Waals surface area contributed by atoms with Crippen LogP contribution in [0.15, 0.2) is 47.1 Å². The van der Waals surface area contributed by atoms with Gasteiger partial charge in [-0.05, 0) is 69.9 Å². The molecule has 0 aliphatic carbocycles. The molecule has 31 heavy (non-hydrogen) atoms. The van der Waals surface area contributed by atoms with Crippen molar-refractivity contribution in [3.05, 3.63) is 54.0 Å². The first-order valence-corrected chi connectivity index (χ1v) is 11.1. The first-order chi connectivity index (χ1) is 14.8. The van der Waals surface area contributed by atoms with Crippen LogP contribution in [0.25, 0.3) is 0 Å². The number of ether oxygens (including phenoxy) is 1. The number of hydrogen-bond donors (Lipinski definition) is 3. The van der Waals surface area contributed by atoms with Gasteiger partial charge in [-0.2, -0.15) is 0 Å². The van der Waals surface area contributed by atoms with Gasteiger partial charge in [-0.15, -0.1) is 0 Å². The number of nitrogens with zero attached hydrogens (tertiary/aromatic N) is 1. The number of rotatable bonds is 9. The van der Waals surface area contributed by atoms with E-state index < -0.39 is 5.60 Å². The molecular weight excluding hydrogens is 394 g/mol. The van der Waals surface area contributed by atoms with Crippen molar-refractivity contribution in [2.24, 2.45) is 0 Å². The molecule has 2 unspecified atom stereocenters. The van der Waals surface area contributed by atoms with E-state index in [1.165, 1.54) is 24.7 Å². The van der Waals surface area contributed by atoms with Crippen LogP contribution in [0, 0.1) is 0 Å². The quantitative estimate of drug-likeness (QED) is 0.559. The molecule has 170 valence electrons. The Morgan fingerprint density at radius 2 is 2.03 bits per heavy atom. The Hall–Kier alpha value is -2.35. The standard InChI is InChI=1S/C24H35N3O4/c1-18(2)27(16-21-7-4-5-13-30-21)15-19-9-11-20(12-10-19)26-23(28)25-17-24(3,29)22-8-6-14-31-22/h6,8-12,14,18,21,29H,4-5,7,13,15-17H2,1-3H3,(H2,25,26,28). The summed E-state index contributed by atoms with van der Waals surface area (Å²) in [6, 6.07) is 11.3. The molecule has 1 aromatic carbocycles. The Morgan fingerprint density at radius 1 is 1.26 bits per heavy atom. The van der Waals surface area contributed by atoms with E-state index in [1.54, 1.807) is 19.1 Å². The molecule has 1 aliphatic rings. The van der Waals surface area contributed by atoms with Gasteiger partial charge in [0.05, 0.1) is 18.9 Å². The van der Waals surface area contributed by atoms with E-state index in [2.05, 4.69) is 29.4 Å². The molecule has 1 fully saturated rings. The second-order valence-electron chi connectivity index (χ2n) is 8.77. The summed E-state index contributed by atoms with van der Waals surface area (Å²) in [6.45, 7) is 8.71. The maximum Gasteiger partial charge on any atom is 0.319 e. The molecule has 0 bridgehead atoms. The van der Waals surface area contributed by atoms with Crippen molar-refractivity contribution < 1.29 is 19.1 Å². The van der Waals surface area contributed by atoms with Crippen LogP contribution in [0.4, 0.5) is 10.5 Å². The van der Waals surface area contributed by atoms with Gasteiger partial charge >= 0.3 is 6.03 Å². The molecule has 7 heteroatoms. The highest BCUT2D eigenvalue weighted by atomic mass is 16.5. The first-order valence-electron chi connectivity index (χ1n) is 11.1. The fourth-order valence-corrected chi connectivity index (χ4v) is 3.70. The lowest BCUT2D eigenvalue weighted by atomic mass is 10.0. The Kier molecular flexibility index (Phi) is 8.12. The molecule has 3 rings (SSSR count). The minimum atomic E-state index is -1.27. The number of nitrogens with one attached hydrogen (secondary N) is 2. The van der Waals surface area contributed by atoms with Gasteiger partial charge in [0.1, 0.15) is 11.4 Å². The van der Waals surface area contributed by atoms with Crippen molar-refractivity contribution in [3.63, 3.8) is 0 Å². The van der Waals surface area contributed by atoms with Crippen molar-refractivity contribution in [2.45, 2.75) is 64.3 Å². The summed E-state index contributed by atoms with van der Waals surface area (Å²) in [6.07, 6.45) is 5.36. The zero-order chi connectivity index (χ0) is 22.3. The molecule has 3 N–H and O–H groups in total. The fourth-order valence-electron chi connectivity index (χ4n) is 3.70. The van der Waals surface area contributed by atoms with Crippen molar-refractivity contribution >= 4 is 11.7 Å². The lowest BCUT2D eigenvalue weighted by Crippen LogP contribution is -2.40. The van der Waals surface area contributed by atoms with E-state index in [0.29, 0.717) is 23.6 Å². The van der Waals surface area contributed by atoms with Gasteiger partial charge in [-0.1, -0.05) is 12.1 Å². The van der Waals surface area contributed by atoms with Crippen LogP contribution < -0.4 is 10.6 Å². The molecule has 0 spiro atoms. The third kappa shape index (κ3) is 7.09. The number of amides is 2. The number of furan rings is 1. The molecule has 2 heterocycles. The number of hydrogen-bond acceptors (Lipinski definition) is 5. The number of urea groups is 1. The molecule has 1 aromatic heterocycles. The topological polar surface area (TPSA) is 87.0 Å². The highest BCUT2D eigenvalue weighted by Gasteiger charge is 2.26. The second kappa shape index (κ2) is 10.8. The summed E-state index contributed by atoms with van der Waals surface area (Å²) in [7, 11) is 0. The number of carbonyl (C=O) groups excluding carboxylic acids is 1. The number of benzene rings is 1. The van der Waals surface area contributed by atoms with Gasteiger partial charge in [0, 0.05) is 31.4 Å².